The molecule has 4 bridgehead atoms. The van der Waals surface area contributed by atoms with Crippen LogP contribution in [0.25, 0.3) is 0 Å². The van der Waals surface area contributed by atoms with Crippen LogP contribution < -0.4 is 15.0 Å². The summed E-state index contributed by atoms with van der Waals surface area (Å²) in [6, 6.07) is 2.42. The summed E-state index contributed by atoms with van der Waals surface area (Å²) in [6.07, 6.45) is 3.40. The molecule has 392 valence electrons. The van der Waals surface area contributed by atoms with Crippen molar-refractivity contribution in [3.05, 3.63) is 46.5 Å². The molecule has 9 atom stereocenters. The summed E-state index contributed by atoms with van der Waals surface area (Å²) < 4.78 is 29.5. The number of methoxy groups -OCH3 is 2. The van der Waals surface area contributed by atoms with E-state index in [1.165, 1.54) is 54.7 Å². The van der Waals surface area contributed by atoms with Gasteiger partial charge in [0.2, 0.25) is 23.6 Å². The molecule has 4 fully saturated rings. The van der Waals surface area contributed by atoms with Crippen LogP contribution in [0.3, 0.4) is 0 Å². The van der Waals surface area contributed by atoms with E-state index in [2.05, 4.69) is 17.9 Å². The topological polar surface area (TPSA) is 211 Å². The maximum absolute atomic E-state index is 14.4. The molecular formula is C51H71ClN4O13S2. The molecule has 20 heteroatoms. The first-order chi connectivity index (χ1) is 33.4. The van der Waals surface area contributed by atoms with Crippen molar-refractivity contribution < 1.29 is 62.4 Å². The van der Waals surface area contributed by atoms with Crippen molar-refractivity contribution in [2.75, 3.05) is 51.3 Å². The monoisotopic (exact) mass is 1050 g/mol. The van der Waals surface area contributed by atoms with Crippen LogP contribution in [0.2, 0.25) is 5.02 Å². The Morgan fingerprint density at radius 2 is 1.79 bits per heavy atom. The van der Waals surface area contributed by atoms with Gasteiger partial charge in [-0.15, -0.1) is 11.8 Å². The molecule has 2 N–H and O–H groups in total. The number of rotatable bonds is 14. The third-order valence-electron chi connectivity index (χ3n) is 15.1. The number of Topliss-reactive ketones (excluding diaryl/α,β-unsaturated/α-hetero) is 1. The number of likely N-dealkylation sites (N-methyl/N-ethyl adjacent to an activating group) is 1. The van der Waals surface area contributed by atoms with Gasteiger partial charge in [0, 0.05) is 75.8 Å². The number of likely N-dealkylation sites (tertiary alicyclic amines) is 1. The number of imide groups is 1. The Morgan fingerprint density at radius 3 is 2.44 bits per heavy atom. The quantitative estimate of drug-likeness (QED) is 0.0833. The van der Waals surface area contributed by atoms with E-state index >= 15 is 0 Å². The molecule has 6 rings (SSSR count). The lowest BCUT2D eigenvalue weighted by molar-refractivity contribution is -0.162. The number of nitrogens with zero attached hydrogens (tertiary/aromatic N) is 3. The van der Waals surface area contributed by atoms with Crippen LogP contribution in [0.1, 0.15) is 98.5 Å². The van der Waals surface area contributed by atoms with Gasteiger partial charge in [-0.2, -0.15) is 12.6 Å². The number of esters is 1. The van der Waals surface area contributed by atoms with Crippen molar-refractivity contribution in [2.45, 2.75) is 146 Å². The Balaban J connectivity index is 1.13. The molecule has 1 saturated carbocycles. The Bertz CT molecular complexity index is 2290. The number of ether oxygens (including phenoxy) is 5. The smallest absolute Gasteiger partial charge is 0.409 e. The summed E-state index contributed by atoms with van der Waals surface area (Å²) in [7, 11) is 5.91. The number of aliphatic hydroxyl groups is 1. The number of ketones is 1. The van der Waals surface area contributed by atoms with Gasteiger partial charge in [-0.25, -0.2) is 9.59 Å². The molecule has 0 unspecified atom stereocenters. The molecule has 1 aromatic carbocycles. The first-order valence-electron chi connectivity index (χ1n) is 24.3. The van der Waals surface area contributed by atoms with Crippen molar-refractivity contribution in [1.29, 1.82) is 0 Å². The first kappa shape index (κ1) is 56.2. The zero-order chi connectivity index (χ0) is 52.3. The highest BCUT2D eigenvalue weighted by Gasteiger charge is 2.64. The zero-order valence-electron chi connectivity index (χ0n) is 42.5. The largest absolute Gasteiger partial charge is 0.495 e. The minimum absolute atomic E-state index is 0.0319. The van der Waals surface area contributed by atoms with Gasteiger partial charge in [-0.1, -0.05) is 56.2 Å². The van der Waals surface area contributed by atoms with Gasteiger partial charge in [0.25, 0.3) is 0 Å². The van der Waals surface area contributed by atoms with E-state index in [-0.39, 0.29) is 65.9 Å². The molecule has 0 aromatic heterocycles. The molecule has 5 amide bonds. The number of halogens is 1. The Morgan fingerprint density at radius 1 is 1.10 bits per heavy atom. The highest BCUT2D eigenvalue weighted by Crippen LogP contribution is 2.49. The Hall–Kier alpha value is -4.14. The number of hydrogen-bond donors (Lipinski definition) is 3. The van der Waals surface area contributed by atoms with Gasteiger partial charge in [0.15, 0.2) is 5.72 Å². The van der Waals surface area contributed by atoms with Crippen LogP contribution in [0.4, 0.5) is 10.5 Å². The summed E-state index contributed by atoms with van der Waals surface area (Å²) in [5.41, 5.74) is -1.64. The first-order valence-corrected chi connectivity index (χ1v) is 26.4. The van der Waals surface area contributed by atoms with E-state index in [0.29, 0.717) is 30.2 Å². The average Bonchev–Trinajstić information content (AvgIpc) is 3.96. The van der Waals surface area contributed by atoms with Gasteiger partial charge >= 0.3 is 12.1 Å². The van der Waals surface area contributed by atoms with E-state index in [0.717, 1.165) is 36.8 Å². The minimum atomic E-state index is -1.87. The highest BCUT2D eigenvalue weighted by molar-refractivity contribution is 8.00. The van der Waals surface area contributed by atoms with Crippen molar-refractivity contribution in [1.82, 2.24) is 15.1 Å². The fraction of sp³-hybridized carbons (Fsp3) is 0.667. The van der Waals surface area contributed by atoms with E-state index in [4.69, 9.17) is 35.3 Å². The summed E-state index contributed by atoms with van der Waals surface area (Å²) >= 11 is 12.4. The van der Waals surface area contributed by atoms with E-state index < -0.39 is 82.2 Å². The molecule has 0 spiro atoms. The zero-order valence-corrected chi connectivity index (χ0v) is 45.0. The molecular weight excluding hydrogens is 976 g/mol. The second kappa shape index (κ2) is 23.0. The van der Waals surface area contributed by atoms with Crippen LogP contribution in [0, 0.1) is 23.2 Å². The predicted molar refractivity (Wildman–Crippen MR) is 271 cm³/mol. The standard InChI is InChI=1S/C51H71ClN4O13S2/c1-28-12-11-13-38(66-10)51(64)25-36(67-48(63)53-51)29(2)45-50(6,69-45)39(24-41(58)55(8)34-21-32(20-28)22-35(65-9)43(34)52)68-47(62)30(3)54(7)40(57)18-19-71-37-23-42(59)56(46(37)61)26-31-14-16-33(17-15-31)44(60)49(4,5)27-70/h11-13,21-22,29-31,33,36-39,45,64,70H,14-20,23-27H2,1-10H3,(H,53,63)/b13-11+,28-12+/t29-,30+,31-,33-,36+,37+,38-,39+,45+,50+,51+/m1/s1. The SMILES string of the molecule is COc1cc2cc(c1Cl)N(C)C(=O)C[C@H](OC(=O)[C@H](C)N(C)C(=O)CCS[C@H]1CC(=O)N(C[C@H]3CC[C@H](C(=O)C(C)(C)CS)CC3)C1=O)[C@]1(C)O[C@H]1[C@H](C)[C@@H]1C[C@@](O)(NC(=O)O1)[C@H](OC)/C=C/C=C(\C)C2. The number of nitrogens with one attached hydrogen (secondary N) is 1. The van der Waals surface area contributed by atoms with Crippen molar-refractivity contribution >= 4 is 83.2 Å². The maximum atomic E-state index is 14.4. The number of carbonyl (C=O) groups excluding carboxylic acids is 7. The van der Waals surface area contributed by atoms with Crippen LogP contribution in [-0.4, -0.2) is 150 Å². The molecule has 1 aliphatic carbocycles. The molecule has 0 radical (unpaired) electrons. The number of amides is 5. The van der Waals surface area contributed by atoms with Crippen molar-refractivity contribution in [2.24, 2.45) is 23.2 Å². The minimum Gasteiger partial charge on any atom is -0.495 e. The average molecular weight is 1050 g/mol. The number of allylic oxidation sites excluding steroid dienone is 3. The van der Waals surface area contributed by atoms with Crippen molar-refractivity contribution in [3.63, 3.8) is 0 Å². The molecule has 71 heavy (non-hydrogen) atoms. The van der Waals surface area contributed by atoms with E-state index in [1.54, 1.807) is 45.2 Å². The third-order valence-corrected chi connectivity index (χ3v) is 17.5. The van der Waals surface area contributed by atoms with Gasteiger partial charge in [-0.05, 0) is 76.5 Å². The fourth-order valence-electron chi connectivity index (χ4n) is 10.2. The predicted octanol–water partition coefficient (Wildman–Crippen LogP) is 6.10. The molecule has 3 saturated heterocycles. The van der Waals surface area contributed by atoms with Crippen LogP contribution >= 0.6 is 36.0 Å². The van der Waals surface area contributed by atoms with Gasteiger partial charge < -0.3 is 38.6 Å². The highest BCUT2D eigenvalue weighted by atomic mass is 35.5. The van der Waals surface area contributed by atoms with E-state index in [9.17, 15) is 38.7 Å². The lowest BCUT2D eigenvalue weighted by Crippen LogP contribution is -2.63. The fourth-order valence-corrected chi connectivity index (χ4v) is 11.7. The third kappa shape index (κ3) is 12.6. The van der Waals surface area contributed by atoms with Crippen molar-refractivity contribution in [3.8, 4) is 5.75 Å². The second-order valence-corrected chi connectivity index (χ2v) is 22.7. The summed E-state index contributed by atoms with van der Waals surface area (Å²) in [6.45, 7) is 11.0. The van der Waals surface area contributed by atoms with Crippen LogP contribution in [0.15, 0.2) is 35.9 Å². The van der Waals surface area contributed by atoms with Gasteiger partial charge in [-0.3, -0.25) is 34.2 Å². The lowest BCUT2D eigenvalue weighted by Gasteiger charge is -2.42. The van der Waals surface area contributed by atoms with Crippen LogP contribution in [0.5, 0.6) is 5.75 Å². The number of alkyl carbamates (subject to hydrolysis) is 1. The number of thioether (sulfide) groups is 1. The molecule has 4 heterocycles. The number of carbonyl (C=O) groups is 7. The van der Waals surface area contributed by atoms with Crippen LogP contribution in [-0.2, 0) is 54.1 Å². The summed E-state index contributed by atoms with van der Waals surface area (Å²) in [4.78, 5) is 98.5. The number of epoxide rings is 1. The number of hydrogen-bond acceptors (Lipinski definition) is 15. The summed E-state index contributed by atoms with van der Waals surface area (Å²) in [5.74, 6) is -1.50. The van der Waals surface area contributed by atoms with E-state index in [1.807, 2.05) is 26.8 Å². The van der Waals surface area contributed by atoms with Gasteiger partial charge in [0.05, 0.1) is 30.6 Å². The lowest BCUT2D eigenvalue weighted by atomic mass is 9.73. The Kier molecular flexibility index (Phi) is 18.2. The number of fused-ring (bicyclic) bond motifs is 5. The molecule has 1 aromatic rings. The summed E-state index contributed by atoms with van der Waals surface area (Å²) in [5, 5.41) is 13.9. The van der Waals surface area contributed by atoms with Gasteiger partial charge in [0.1, 0.15) is 46.5 Å². The molecule has 4 aliphatic heterocycles. The second-order valence-electron chi connectivity index (χ2n) is 20.7. The molecule has 17 nitrogen and oxygen atoms in total. The maximum Gasteiger partial charge on any atom is 0.409 e. The normalized spacial score (nSPS) is 32.2. The number of benzene rings is 1. The Labute approximate surface area is 431 Å². The number of thiol groups is 1. The molecule has 5 aliphatic rings. The number of anilines is 1.